The van der Waals surface area contributed by atoms with Gasteiger partial charge in [-0.05, 0) is 31.9 Å². The van der Waals surface area contributed by atoms with E-state index >= 15 is 0 Å². The summed E-state index contributed by atoms with van der Waals surface area (Å²) in [6.45, 7) is 12.1. The quantitative estimate of drug-likeness (QED) is 0.712. The Hall–Kier alpha value is -0.930. The fourth-order valence-electron chi connectivity index (χ4n) is 1.70. The van der Waals surface area contributed by atoms with Crippen LogP contribution in [-0.4, -0.2) is 42.0 Å². The molecule has 84 valence electrons. The zero-order valence-electron chi connectivity index (χ0n) is 9.45. The molecule has 0 aromatic rings. The number of aliphatic hydroxyl groups excluding tert-OH is 1. The topological polar surface area (TPSA) is 35.8 Å². The van der Waals surface area contributed by atoms with Gasteiger partial charge in [-0.1, -0.05) is 13.2 Å². The smallest absolute Gasteiger partial charge is 0.0667 e. The van der Waals surface area contributed by atoms with Crippen molar-refractivity contribution >= 4 is 6.21 Å². The lowest BCUT2D eigenvalue weighted by Gasteiger charge is -2.29. The first kappa shape index (κ1) is 12.1. The van der Waals surface area contributed by atoms with E-state index in [-0.39, 0.29) is 6.10 Å². The van der Waals surface area contributed by atoms with Gasteiger partial charge in [-0.3, -0.25) is 9.89 Å². The summed E-state index contributed by atoms with van der Waals surface area (Å²) in [6, 6.07) is 0. The molecule has 1 heterocycles. The minimum absolute atomic E-state index is 0.176. The Labute approximate surface area is 91.8 Å². The molecule has 0 radical (unpaired) electrons. The van der Waals surface area contributed by atoms with Crippen LogP contribution in [0.25, 0.3) is 0 Å². The van der Waals surface area contributed by atoms with Gasteiger partial charge in [0.15, 0.2) is 0 Å². The van der Waals surface area contributed by atoms with Crippen LogP contribution in [-0.2, 0) is 0 Å². The zero-order valence-corrected chi connectivity index (χ0v) is 9.45. The van der Waals surface area contributed by atoms with Crippen molar-refractivity contribution in [1.82, 2.24) is 4.90 Å². The largest absolute Gasteiger partial charge is 0.392 e. The van der Waals surface area contributed by atoms with Gasteiger partial charge in [-0.2, -0.15) is 0 Å². The first-order chi connectivity index (χ1) is 7.08. The van der Waals surface area contributed by atoms with E-state index in [1.165, 1.54) is 0 Å². The minimum Gasteiger partial charge on any atom is -0.392 e. The van der Waals surface area contributed by atoms with Crippen molar-refractivity contribution in [1.29, 1.82) is 0 Å². The van der Waals surface area contributed by atoms with Crippen LogP contribution in [0.1, 0.15) is 19.8 Å². The van der Waals surface area contributed by atoms with Crippen LogP contribution in [0.3, 0.4) is 0 Å². The molecule has 3 nitrogen and oxygen atoms in total. The number of nitrogens with zero attached hydrogens (tertiary/aromatic N) is 2. The molecule has 0 amide bonds. The Balaban J connectivity index is 2.34. The van der Waals surface area contributed by atoms with Crippen molar-refractivity contribution in [2.75, 3.05) is 19.6 Å². The summed E-state index contributed by atoms with van der Waals surface area (Å²) in [5.41, 5.74) is 1.75. The predicted molar refractivity (Wildman–Crippen MR) is 64.1 cm³/mol. The number of aliphatic imine (C=N–C) groups is 1. The molecule has 0 bridgehead atoms. The van der Waals surface area contributed by atoms with Gasteiger partial charge in [-0.25, -0.2) is 0 Å². The highest BCUT2D eigenvalue weighted by molar-refractivity contribution is 5.78. The van der Waals surface area contributed by atoms with E-state index in [0.717, 1.165) is 43.7 Å². The van der Waals surface area contributed by atoms with Gasteiger partial charge in [0.25, 0.3) is 0 Å². The fraction of sp³-hybridized carbons (Fsp3) is 0.583. The Morgan fingerprint density at radius 2 is 2.33 bits per heavy atom. The molecule has 1 saturated heterocycles. The summed E-state index contributed by atoms with van der Waals surface area (Å²) in [4.78, 5) is 6.31. The summed E-state index contributed by atoms with van der Waals surface area (Å²) < 4.78 is 0. The predicted octanol–water partition coefficient (Wildman–Crippen LogP) is 1.60. The van der Waals surface area contributed by atoms with Crippen LogP contribution < -0.4 is 0 Å². The van der Waals surface area contributed by atoms with Crippen LogP contribution in [0.5, 0.6) is 0 Å². The molecule has 15 heavy (non-hydrogen) atoms. The van der Waals surface area contributed by atoms with Crippen LogP contribution in [0.2, 0.25) is 0 Å². The highest BCUT2D eigenvalue weighted by Gasteiger charge is 2.17. The SMILES string of the molecule is C=C(C=NC(=C)C)CN1CCCC(O)C1. The summed E-state index contributed by atoms with van der Waals surface area (Å²) in [7, 11) is 0. The molecule has 1 unspecified atom stereocenters. The number of allylic oxidation sites excluding steroid dienone is 1. The van der Waals surface area contributed by atoms with Crippen LogP contribution >= 0.6 is 0 Å². The van der Waals surface area contributed by atoms with Gasteiger partial charge >= 0.3 is 0 Å². The molecule has 1 aliphatic rings. The first-order valence-corrected chi connectivity index (χ1v) is 5.35. The highest BCUT2D eigenvalue weighted by atomic mass is 16.3. The molecule has 3 heteroatoms. The van der Waals surface area contributed by atoms with Gasteiger partial charge < -0.3 is 5.11 Å². The van der Waals surface area contributed by atoms with Gasteiger partial charge in [0.2, 0.25) is 0 Å². The summed E-state index contributed by atoms with van der Waals surface area (Å²) in [5, 5.41) is 9.49. The Bertz CT molecular complexity index is 271. The lowest BCUT2D eigenvalue weighted by Crippen LogP contribution is -2.39. The number of likely N-dealkylation sites (tertiary alicyclic amines) is 1. The Kier molecular flexibility index (Phi) is 4.72. The van der Waals surface area contributed by atoms with Gasteiger partial charge in [0.05, 0.1) is 6.10 Å². The average Bonchev–Trinajstić information content (AvgIpc) is 2.15. The number of hydrogen-bond donors (Lipinski definition) is 1. The fourth-order valence-corrected chi connectivity index (χ4v) is 1.70. The molecule has 1 aliphatic heterocycles. The molecule has 0 aromatic carbocycles. The summed E-state index contributed by atoms with van der Waals surface area (Å²) in [6.07, 6.45) is 3.56. The maximum Gasteiger partial charge on any atom is 0.0667 e. The molecule has 0 saturated carbocycles. The monoisotopic (exact) mass is 208 g/mol. The van der Waals surface area contributed by atoms with E-state index in [9.17, 15) is 5.11 Å². The number of hydrogen-bond acceptors (Lipinski definition) is 3. The lowest BCUT2D eigenvalue weighted by molar-refractivity contribution is 0.0765. The second kappa shape index (κ2) is 5.83. The van der Waals surface area contributed by atoms with E-state index in [0.29, 0.717) is 0 Å². The molecule has 0 aliphatic carbocycles. The van der Waals surface area contributed by atoms with E-state index < -0.39 is 0 Å². The molecular formula is C12H20N2O. The van der Waals surface area contributed by atoms with E-state index in [1.54, 1.807) is 6.21 Å². The Morgan fingerprint density at radius 3 is 2.93 bits per heavy atom. The van der Waals surface area contributed by atoms with Crippen LogP contribution in [0.15, 0.2) is 29.4 Å². The molecule has 0 spiro atoms. The number of β-amino-alcohol motifs (C(OH)–C–C–N with tert-alkyl or cyclic N) is 1. The Morgan fingerprint density at radius 1 is 1.60 bits per heavy atom. The number of piperidine rings is 1. The second-order valence-electron chi connectivity index (χ2n) is 4.18. The summed E-state index contributed by atoms with van der Waals surface area (Å²) in [5.74, 6) is 0. The minimum atomic E-state index is -0.176. The number of rotatable bonds is 4. The third-order valence-corrected chi connectivity index (χ3v) is 2.37. The van der Waals surface area contributed by atoms with Crippen molar-refractivity contribution in [2.24, 2.45) is 4.99 Å². The lowest BCUT2D eigenvalue weighted by atomic mass is 10.1. The van der Waals surface area contributed by atoms with Gasteiger partial charge in [0.1, 0.15) is 0 Å². The molecule has 1 atom stereocenters. The van der Waals surface area contributed by atoms with Crippen LogP contribution in [0, 0.1) is 0 Å². The van der Waals surface area contributed by atoms with Crippen molar-refractivity contribution < 1.29 is 5.11 Å². The standard InChI is InChI=1S/C12H20N2O/c1-10(2)13-7-11(3)8-14-6-4-5-12(15)9-14/h7,12,15H,1,3-6,8-9H2,2H3. The molecule has 0 aromatic heterocycles. The van der Waals surface area contributed by atoms with Crippen molar-refractivity contribution in [3.63, 3.8) is 0 Å². The van der Waals surface area contributed by atoms with Crippen molar-refractivity contribution in [3.8, 4) is 0 Å². The third-order valence-electron chi connectivity index (χ3n) is 2.37. The molecular weight excluding hydrogens is 188 g/mol. The van der Waals surface area contributed by atoms with E-state index in [2.05, 4.69) is 23.1 Å². The zero-order chi connectivity index (χ0) is 11.3. The first-order valence-electron chi connectivity index (χ1n) is 5.35. The average molecular weight is 208 g/mol. The second-order valence-corrected chi connectivity index (χ2v) is 4.18. The molecule has 1 N–H and O–H groups in total. The normalized spacial score (nSPS) is 23.2. The molecule has 1 fully saturated rings. The maximum atomic E-state index is 9.49. The molecule has 1 rings (SSSR count). The van der Waals surface area contributed by atoms with Crippen molar-refractivity contribution in [2.45, 2.75) is 25.9 Å². The van der Waals surface area contributed by atoms with Crippen molar-refractivity contribution in [3.05, 3.63) is 24.4 Å². The summed E-state index contributed by atoms with van der Waals surface area (Å²) >= 11 is 0. The highest BCUT2D eigenvalue weighted by Crippen LogP contribution is 2.10. The van der Waals surface area contributed by atoms with Crippen LogP contribution in [0.4, 0.5) is 0 Å². The van der Waals surface area contributed by atoms with Gasteiger partial charge in [-0.15, -0.1) is 0 Å². The third kappa shape index (κ3) is 4.91. The van der Waals surface area contributed by atoms with Gasteiger partial charge in [0, 0.05) is 25.0 Å². The van der Waals surface area contributed by atoms with E-state index in [1.807, 2.05) is 6.92 Å². The maximum absolute atomic E-state index is 9.49. The van der Waals surface area contributed by atoms with E-state index in [4.69, 9.17) is 0 Å². The number of aliphatic hydroxyl groups is 1.